The molecular weight excluding hydrogens is 381 g/mol. The Bertz CT molecular complexity index is 725. The lowest BCUT2D eigenvalue weighted by Gasteiger charge is -2.26. The van der Waals surface area contributed by atoms with E-state index in [9.17, 15) is 18.0 Å². The fraction of sp³-hybridized carbons (Fsp3) is 0.462. The zero-order chi connectivity index (χ0) is 16.6. The van der Waals surface area contributed by atoms with Gasteiger partial charge in [0.2, 0.25) is 0 Å². The van der Waals surface area contributed by atoms with Crippen LogP contribution in [0.15, 0.2) is 21.2 Å². The minimum atomic E-state index is -4.25. The number of nitrogens with zero attached hydrogens (tertiary/aromatic N) is 3. The Morgan fingerprint density at radius 3 is 2.87 bits per heavy atom. The summed E-state index contributed by atoms with van der Waals surface area (Å²) in [5.74, 6) is -0.982. The molecule has 3 heterocycles. The lowest BCUT2D eigenvalue weighted by Crippen LogP contribution is -2.33. The summed E-state index contributed by atoms with van der Waals surface area (Å²) in [5, 5.41) is 10.3. The van der Waals surface area contributed by atoms with Crippen LogP contribution in [0.25, 0.3) is 0 Å². The van der Waals surface area contributed by atoms with Crippen molar-refractivity contribution in [3.8, 4) is 0 Å². The molecule has 1 aliphatic rings. The Morgan fingerprint density at radius 2 is 2.22 bits per heavy atom. The van der Waals surface area contributed by atoms with Crippen molar-refractivity contribution >= 4 is 21.8 Å². The number of furan rings is 1. The highest BCUT2D eigenvalue weighted by molar-refractivity contribution is 9.10. The minimum absolute atomic E-state index is 0.00835. The monoisotopic (exact) mass is 392 g/mol. The van der Waals surface area contributed by atoms with E-state index in [1.807, 2.05) is 0 Å². The molecule has 0 spiro atoms. The zero-order valence-electron chi connectivity index (χ0n) is 11.7. The standard InChI is InChI=1S/C13H12BrF3N4O2/c14-9-3-2-8(23-9)12(22)18-5-11-20-19-10-4-1-7(6-21(10)11)13(15,16)17/h2-3,7H,1,4-6H2,(H,18,22). The number of rotatable bonds is 3. The second-order valence-corrected chi connectivity index (χ2v) is 5.99. The maximum atomic E-state index is 12.9. The average molecular weight is 393 g/mol. The summed E-state index contributed by atoms with van der Waals surface area (Å²) in [6.45, 7) is -0.238. The molecule has 1 unspecified atom stereocenters. The van der Waals surface area contributed by atoms with E-state index in [-0.39, 0.29) is 31.7 Å². The maximum absolute atomic E-state index is 12.9. The van der Waals surface area contributed by atoms with Crippen molar-refractivity contribution in [3.05, 3.63) is 34.2 Å². The van der Waals surface area contributed by atoms with Crippen LogP contribution in [0, 0.1) is 5.92 Å². The van der Waals surface area contributed by atoms with Crippen molar-refractivity contribution < 1.29 is 22.4 Å². The number of carbonyl (C=O) groups is 1. The van der Waals surface area contributed by atoms with Crippen LogP contribution in [0.3, 0.4) is 0 Å². The lowest BCUT2D eigenvalue weighted by molar-refractivity contribution is -0.182. The molecule has 10 heteroatoms. The third-order valence-corrected chi connectivity index (χ3v) is 4.12. The van der Waals surface area contributed by atoms with Gasteiger partial charge in [-0.1, -0.05) is 0 Å². The van der Waals surface area contributed by atoms with Gasteiger partial charge in [-0.05, 0) is 34.5 Å². The number of hydrogen-bond acceptors (Lipinski definition) is 4. The summed E-state index contributed by atoms with van der Waals surface area (Å²) in [4.78, 5) is 11.9. The van der Waals surface area contributed by atoms with Crippen molar-refractivity contribution in [2.45, 2.75) is 32.1 Å². The summed E-state index contributed by atoms with van der Waals surface area (Å²) in [7, 11) is 0. The van der Waals surface area contributed by atoms with E-state index in [2.05, 4.69) is 31.4 Å². The molecule has 3 rings (SSSR count). The number of aryl methyl sites for hydroxylation is 1. The quantitative estimate of drug-likeness (QED) is 0.871. The molecule has 0 saturated heterocycles. The summed E-state index contributed by atoms with van der Waals surface area (Å²) >= 11 is 3.09. The predicted octanol–water partition coefficient (Wildman–Crippen LogP) is 2.69. The van der Waals surface area contributed by atoms with Crippen LogP contribution in [-0.2, 0) is 19.5 Å². The van der Waals surface area contributed by atoms with Crippen molar-refractivity contribution in [2.24, 2.45) is 5.92 Å². The number of halogens is 4. The van der Waals surface area contributed by atoms with Gasteiger partial charge < -0.3 is 14.3 Å². The molecule has 1 amide bonds. The Hall–Kier alpha value is -1.84. The maximum Gasteiger partial charge on any atom is 0.393 e. The molecule has 6 nitrogen and oxygen atoms in total. The van der Waals surface area contributed by atoms with Crippen LogP contribution in [0.5, 0.6) is 0 Å². The van der Waals surface area contributed by atoms with Crippen LogP contribution in [0.1, 0.15) is 28.6 Å². The number of alkyl halides is 3. The molecule has 2 aromatic heterocycles. The van der Waals surface area contributed by atoms with Crippen molar-refractivity contribution in [3.63, 3.8) is 0 Å². The third kappa shape index (κ3) is 3.41. The molecule has 1 N–H and O–H groups in total. The first-order chi connectivity index (χ1) is 10.8. The molecule has 0 aliphatic carbocycles. The van der Waals surface area contributed by atoms with Gasteiger partial charge in [0.15, 0.2) is 16.3 Å². The molecule has 0 radical (unpaired) electrons. The van der Waals surface area contributed by atoms with Gasteiger partial charge >= 0.3 is 6.18 Å². The Morgan fingerprint density at radius 1 is 1.43 bits per heavy atom. The van der Waals surface area contributed by atoms with Gasteiger partial charge in [0.1, 0.15) is 5.82 Å². The summed E-state index contributed by atoms with van der Waals surface area (Å²) in [6.07, 6.45) is -4.02. The molecule has 1 atom stereocenters. The van der Waals surface area contributed by atoms with Crippen LogP contribution in [0.4, 0.5) is 13.2 Å². The molecular formula is C13H12BrF3N4O2. The van der Waals surface area contributed by atoms with Crippen LogP contribution >= 0.6 is 15.9 Å². The predicted molar refractivity (Wildman–Crippen MR) is 75.5 cm³/mol. The van der Waals surface area contributed by atoms with E-state index in [0.29, 0.717) is 16.3 Å². The molecule has 1 aliphatic heterocycles. The van der Waals surface area contributed by atoms with Gasteiger partial charge in [-0.2, -0.15) is 13.2 Å². The third-order valence-electron chi connectivity index (χ3n) is 3.69. The van der Waals surface area contributed by atoms with Gasteiger partial charge in [0, 0.05) is 13.0 Å². The highest BCUT2D eigenvalue weighted by Crippen LogP contribution is 2.34. The molecule has 0 aromatic carbocycles. The van der Waals surface area contributed by atoms with E-state index in [0.717, 1.165) is 0 Å². The second kappa shape index (κ2) is 5.99. The van der Waals surface area contributed by atoms with Crippen LogP contribution in [-0.4, -0.2) is 26.8 Å². The Labute approximate surface area is 137 Å². The summed E-state index contributed by atoms with van der Waals surface area (Å²) in [5.41, 5.74) is 0. The topological polar surface area (TPSA) is 73.0 Å². The van der Waals surface area contributed by atoms with Gasteiger partial charge in [0.05, 0.1) is 12.5 Å². The molecule has 2 aromatic rings. The molecule has 0 saturated carbocycles. The number of nitrogens with one attached hydrogen (secondary N) is 1. The number of amides is 1. The molecule has 0 bridgehead atoms. The smallest absolute Gasteiger partial charge is 0.393 e. The van der Waals surface area contributed by atoms with E-state index < -0.39 is 18.0 Å². The zero-order valence-corrected chi connectivity index (χ0v) is 13.3. The normalized spacial score (nSPS) is 17.8. The highest BCUT2D eigenvalue weighted by Gasteiger charge is 2.42. The van der Waals surface area contributed by atoms with Crippen LogP contribution in [0.2, 0.25) is 0 Å². The number of carbonyl (C=O) groups excluding carboxylic acids is 1. The fourth-order valence-corrected chi connectivity index (χ4v) is 2.77. The van der Waals surface area contributed by atoms with Crippen molar-refractivity contribution in [1.82, 2.24) is 20.1 Å². The van der Waals surface area contributed by atoms with Gasteiger partial charge in [0.25, 0.3) is 5.91 Å². The number of aromatic nitrogens is 3. The summed E-state index contributed by atoms with van der Waals surface area (Å²) < 4.78 is 45.6. The Kier molecular flexibility index (Phi) is 4.17. The van der Waals surface area contributed by atoms with Gasteiger partial charge in [-0.25, -0.2) is 0 Å². The lowest BCUT2D eigenvalue weighted by atomic mass is 9.99. The average Bonchev–Trinajstić information content (AvgIpc) is 3.09. The van der Waals surface area contributed by atoms with E-state index >= 15 is 0 Å². The minimum Gasteiger partial charge on any atom is -0.444 e. The highest BCUT2D eigenvalue weighted by atomic mass is 79.9. The van der Waals surface area contributed by atoms with E-state index in [1.165, 1.54) is 10.6 Å². The first kappa shape index (κ1) is 16.0. The van der Waals surface area contributed by atoms with Crippen molar-refractivity contribution in [1.29, 1.82) is 0 Å². The molecule has 124 valence electrons. The Balaban J connectivity index is 1.68. The number of hydrogen-bond donors (Lipinski definition) is 1. The first-order valence-electron chi connectivity index (χ1n) is 6.86. The SMILES string of the molecule is O=C(NCc1nnc2n1CC(C(F)(F)F)CC2)c1ccc(Br)o1. The van der Waals surface area contributed by atoms with Crippen molar-refractivity contribution in [2.75, 3.05) is 0 Å². The molecule has 0 fully saturated rings. The fourth-order valence-electron chi connectivity index (χ4n) is 2.46. The van der Waals surface area contributed by atoms with E-state index in [4.69, 9.17) is 4.42 Å². The van der Waals surface area contributed by atoms with E-state index in [1.54, 1.807) is 6.07 Å². The van der Waals surface area contributed by atoms with Gasteiger partial charge in [-0.15, -0.1) is 10.2 Å². The second-order valence-electron chi connectivity index (χ2n) is 5.21. The molecule has 23 heavy (non-hydrogen) atoms. The van der Waals surface area contributed by atoms with Crippen LogP contribution < -0.4 is 5.32 Å². The number of fused-ring (bicyclic) bond motifs is 1. The van der Waals surface area contributed by atoms with Gasteiger partial charge in [-0.3, -0.25) is 4.79 Å². The first-order valence-corrected chi connectivity index (χ1v) is 7.65. The summed E-state index contributed by atoms with van der Waals surface area (Å²) in [6, 6.07) is 3.06. The largest absolute Gasteiger partial charge is 0.444 e.